The molecule has 0 radical (unpaired) electrons. The fraction of sp³-hybridized carbons (Fsp3) is 0.143. The Labute approximate surface area is 75.9 Å². The molecule has 13 heavy (non-hydrogen) atoms. The Balaban J connectivity index is 3.02. The van der Waals surface area contributed by atoms with E-state index in [1.54, 1.807) is 0 Å². The third kappa shape index (κ3) is 2.51. The zero-order valence-electron chi connectivity index (χ0n) is 6.89. The van der Waals surface area contributed by atoms with E-state index < -0.39 is 15.9 Å². The van der Waals surface area contributed by atoms with Crippen LogP contribution in [0.1, 0.15) is 6.92 Å². The van der Waals surface area contributed by atoms with Crippen molar-refractivity contribution in [2.24, 2.45) is 0 Å². The highest BCUT2D eigenvalue weighted by molar-refractivity contribution is 7.90. The molecule has 0 saturated heterocycles. The fourth-order valence-corrected chi connectivity index (χ4v) is 1.74. The summed E-state index contributed by atoms with van der Waals surface area (Å²) in [5, 5.41) is 0. The van der Waals surface area contributed by atoms with Crippen molar-refractivity contribution in [1.82, 2.24) is 9.71 Å². The van der Waals surface area contributed by atoms with Crippen LogP contribution in [0.2, 0.25) is 0 Å². The van der Waals surface area contributed by atoms with Crippen LogP contribution in [0, 0.1) is 0 Å². The first kappa shape index (κ1) is 9.66. The third-order valence-corrected chi connectivity index (χ3v) is 2.69. The Morgan fingerprint density at radius 3 is 2.38 bits per heavy atom. The summed E-state index contributed by atoms with van der Waals surface area (Å²) < 4.78 is 24.4. The summed E-state index contributed by atoms with van der Waals surface area (Å²) in [6.07, 6.45) is 2.68. The predicted octanol–water partition coefficient (Wildman–Crippen LogP) is -0.0936. The topological polar surface area (TPSA) is 76.1 Å². The highest BCUT2D eigenvalue weighted by Crippen LogP contribution is 2.04. The zero-order valence-corrected chi connectivity index (χ0v) is 7.71. The van der Waals surface area contributed by atoms with Crippen molar-refractivity contribution in [3.63, 3.8) is 0 Å². The van der Waals surface area contributed by atoms with Gasteiger partial charge >= 0.3 is 0 Å². The molecule has 0 aliphatic carbocycles. The van der Waals surface area contributed by atoms with Gasteiger partial charge in [-0.15, -0.1) is 0 Å². The first-order valence-corrected chi connectivity index (χ1v) is 4.94. The molecule has 0 atom stereocenters. The van der Waals surface area contributed by atoms with E-state index in [0.717, 1.165) is 6.92 Å². The van der Waals surface area contributed by atoms with Crippen LogP contribution < -0.4 is 4.72 Å². The molecule has 1 amide bonds. The molecule has 5 nitrogen and oxygen atoms in total. The number of carbonyl (C=O) groups excluding carboxylic acids is 1. The monoisotopic (exact) mass is 200 g/mol. The van der Waals surface area contributed by atoms with Crippen molar-refractivity contribution in [3.05, 3.63) is 24.5 Å². The SMILES string of the molecule is CC(=O)NS(=O)(=O)c1ccncc1. The maximum absolute atomic E-state index is 11.3. The summed E-state index contributed by atoms with van der Waals surface area (Å²) in [5.41, 5.74) is 0. The summed E-state index contributed by atoms with van der Waals surface area (Å²) in [7, 11) is -3.70. The van der Waals surface area contributed by atoms with E-state index in [1.807, 2.05) is 4.72 Å². The van der Waals surface area contributed by atoms with E-state index in [2.05, 4.69) is 4.98 Å². The lowest BCUT2D eigenvalue weighted by Crippen LogP contribution is -2.28. The molecule has 0 aromatic carbocycles. The standard InChI is InChI=1S/C7H8N2O3S/c1-6(10)9-13(11,12)7-2-4-8-5-3-7/h2-5H,1H3,(H,9,10). The van der Waals surface area contributed by atoms with Crippen LogP contribution in [0.15, 0.2) is 29.4 Å². The van der Waals surface area contributed by atoms with Crippen molar-refractivity contribution >= 4 is 15.9 Å². The van der Waals surface area contributed by atoms with Gasteiger partial charge in [-0.25, -0.2) is 13.1 Å². The van der Waals surface area contributed by atoms with Gasteiger partial charge in [-0.05, 0) is 12.1 Å². The van der Waals surface area contributed by atoms with Gasteiger partial charge in [0, 0.05) is 19.3 Å². The lowest BCUT2D eigenvalue weighted by atomic mass is 10.5. The highest BCUT2D eigenvalue weighted by Gasteiger charge is 2.13. The largest absolute Gasteiger partial charge is 0.274 e. The predicted molar refractivity (Wildman–Crippen MR) is 45.2 cm³/mol. The number of pyridine rings is 1. The van der Waals surface area contributed by atoms with Gasteiger partial charge < -0.3 is 0 Å². The van der Waals surface area contributed by atoms with Crippen LogP contribution >= 0.6 is 0 Å². The number of hydrogen-bond donors (Lipinski definition) is 1. The van der Waals surface area contributed by atoms with E-state index in [4.69, 9.17) is 0 Å². The smallest absolute Gasteiger partial charge is 0.264 e. The van der Waals surface area contributed by atoms with Crippen LogP contribution in [0.4, 0.5) is 0 Å². The van der Waals surface area contributed by atoms with Gasteiger partial charge in [0.25, 0.3) is 10.0 Å². The second kappa shape index (κ2) is 3.53. The summed E-state index contributed by atoms with van der Waals surface area (Å²) in [6, 6.07) is 2.62. The average Bonchev–Trinajstić information content (AvgIpc) is 2.04. The Kier molecular flexibility index (Phi) is 2.62. The van der Waals surface area contributed by atoms with Gasteiger partial charge in [0.05, 0.1) is 4.90 Å². The maximum atomic E-state index is 11.3. The summed E-state index contributed by atoms with van der Waals surface area (Å²) in [5.74, 6) is -0.614. The quantitative estimate of drug-likeness (QED) is 0.723. The molecule has 1 N–H and O–H groups in total. The van der Waals surface area contributed by atoms with Crippen LogP contribution in [-0.4, -0.2) is 19.3 Å². The first-order valence-electron chi connectivity index (χ1n) is 3.46. The number of nitrogens with zero attached hydrogens (tertiary/aromatic N) is 1. The molecule has 0 saturated carbocycles. The molecule has 0 fully saturated rings. The summed E-state index contributed by atoms with van der Waals surface area (Å²) in [6.45, 7) is 1.14. The Morgan fingerprint density at radius 2 is 1.92 bits per heavy atom. The van der Waals surface area contributed by atoms with E-state index in [0.29, 0.717) is 0 Å². The van der Waals surface area contributed by atoms with Gasteiger partial charge in [0.2, 0.25) is 5.91 Å². The van der Waals surface area contributed by atoms with E-state index >= 15 is 0 Å². The Bertz CT molecular complexity index is 399. The molecule has 0 spiro atoms. The molecule has 0 aliphatic rings. The average molecular weight is 200 g/mol. The second-order valence-corrected chi connectivity index (χ2v) is 4.03. The minimum absolute atomic E-state index is 0.0256. The number of sulfonamides is 1. The minimum Gasteiger partial charge on any atom is -0.274 e. The number of amides is 1. The molecule has 6 heteroatoms. The first-order chi connectivity index (χ1) is 6.02. The number of nitrogens with one attached hydrogen (secondary N) is 1. The highest BCUT2D eigenvalue weighted by atomic mass is 32.2. The van der Waals surface area contributed by atoms with Crippen molar-refractivity contribution in [3.8, 4) is 0 Å². The molecule has 0 bridgehead atoms. The van der Waals surface area contributed by atoms with Crippen molar-refractivity contribution in [2.75, 3.05) is 0 Å². The van der Waals surface area contributed by atoms with E-state index in [1.165, 1.54) is 24.5 Å². The Hall–Kier alpha value is -1.43. The minimum atomic E-state index is -3.70. The molecule has 1 aromatic rings. The normalized spacial score (nSPS) is 10.8. The molecule has 0 aliphatic heterocycles. The van der Waals surface area contributed by atoms with Gasteiger partial charge in [0.15, 0.2) is 0 Å². The molecular formula is C7H8N2O3S. The fourth-order valence-electron chi connectivity index (χ4n) is 0.766. The number of rotatable bonds is 2. The number of hydrogen-bond acceptors (Lipinski definition) is 4. The second-order valence-electron chi connectivity index (χ2n) is 2.34. The van der Waals surface area contributed by atoms with Gasteiger partial charge in [-0.2, -0.15) is 0 Å². The van der Waals surface area contributed by atoms with Gasteiger partial charge in [-0.1, -0.05) is 0 Å². The molecule has 1 rings (SSSR count). The Morgan fingerprint density at radius 1 is 1.38 bits per heavy atom. The zero-order chi connectivity index (χ0) is 9.90. The van der Waals surface area contributed by atoms with Crippen molar-refractivity contribution in [1.29, 1.82) is 0 Å². The van der Waals surface area contributed by atoms with Gasteiger partial charge in [0.1, 0.15) is 0 Å². The maximum Gasteiger partial charge on any atom is 0.264 e. The van der Waals surface area contributed by atoms with Crippen LogP contribution in [-0.2, 0) is 14.8 Å². The summed E-state index contributed by atoms with van der Waals surface area (Å²) in [4.78, 5) is 14.2. The molecule has 0 unspecified atom stereocenters. The molecule has 1 aromatic heterocycles. The molecule has 1 heterocycles. The van der Waals surface area contributed by atoms with Crippen LogP contribution in [0.25, 0.3) is 0 Å². The lowest BCUT2D eigenvalue weighted by Gasteiger charge is -2.02. The third-order valence-electron chi connectivity index (χ3n) is 1.24. The lowest BCUT2D eigenvalue weighted by molar-refractivity contribution is -0.117. The van der Waals surface area contributed by atoms with Crippen LogP contribution in [0.3, 0.4) is 0 Å². The number of carbonyl (C=O) groups is 1. The van der Waals surface area contributed by atoms with Gasteiger partial charge in [-0.3, -0.25) is 9.78 Å². The molecular weight excluding hydrogens is 192 g/mol. The summed E-state index contributed by atoms with van der Waals surface area (Å²) >= 11 is 0. The van der Waals surface area contributed by atoms with Crippen molar-refractivity contribution < 1.29 is 13.2 Å². The van der Waals surface area contributed by atoms with Crippen molar-refractivity contribution in [2.45, 2.75) is 11.8 Å². The molecule has 70 valence electrons. The van der Waals surface area contributed by atoms with Crippen LogP contribution in [0.5, 0.6) is 0 Å². The van der Waals surface area contributed by atoms with E-state index in [-0.39, 0.29) is 4.90 Å². The van der Waals surface area contributed by atoms with E-state index in [9.17, 15) is 13.2 Å². The number of aromatic nitrogens is 1.